The molecule has 2 aromatic heterocycles. The summed E-state index contributed by atoms with van der Waals surface area (Å²) < 4.78 is 2.06. The number of nitrogens with two attached hydrogens (primary N) is 1. The normalized spacial score (nSPS) is 10.7. The number of benzene rings is 1. The van der Waals surface area contributed by atoms with E-state index in [2.05, 4.69) is 32.5 Å². The number of nitrogens with zero attached hydrogens (tertiary/aromatic N) is 3. The Labute approximate surface area is 128 Å². The van der Waals surface area contributed by atoms with Crippen LogP contribution in [0.25, 0.3) is 5.65 Å². The number of para-hydroxylation sites is 1. The minimum atomic E-state index is 0.522. The summed E-state index contributed by atoms with van der Waals surface area (Å²) in [4.78, 5) is 7.06. The number of imidazole rings is 1. The summed E-state index contributed by atoms with van der Waals surface area (Å²) >= 11 is 5.02. The molecule has 21 heavy (non-hydrogen) atoms. The summed E-state index contributed by atoms with van der Waals surface area (Å²) in [5.74, 6) is 1.05. The summed E-state index contributed by atoms with van der Waals surface area (Å²) in [6, 6.07) is 16.3. The molecule has 0 atom stereocenters. The maximum Gasteiger partial charge on any atom is 0.138 e. The molecule has 0 saturated heterocycles. The number of rotatable bonds is 5. The number of anilines is 2. The molecule has 5 heteroatoms. The van der Waals surface area contributed by atoms with E-state index in [4.69, 9.17) is 18.0 Å². The van der Waals surface area contributed by atoms with Crippen LogP contribution in [0.5, 0.6) is 0 Å². The van der Waals surface area contributed by atoms with Crippen molar-refractivity contribution in [2.45, 2.75) is 6.42 Å². The Kier molecular flexibility index (Phi) is 3.83. The van der Waals surface area contributed by atoms with Crippen LogP contribution in [-0.4, -0.2) is 20.9 Å². The van der Waals surface area contributed by atoms with Gasteiger partial charge in [-0.3, -0.25) is 4.40 Å². The molecule has 0 aliphatic heterocycles. The Morgan fingerprint density at radius 2 is 1.95 bits per heavy atom. The Morgan fingerprint density at radius 3 is 2.71 bits per heavy atom. The van der Waals surface area contributed by atoms with Crippen LogP contribution in [0.4, 0.5) is 11.5 Å². The number of pyridine rings is 1. The quantitative estimate of drug-likeness (QED) is 0.735. The number of aromatic nitrogens is 2. The molecule has 0 spiro atoms. The monoisotopic (exact) mass is 296 g/mol. The third-order valence-corrected chi connectivity index (χ3v) is 3.54. The minimum absolute atomic E-state index is 0.522. The third kappa shape index (κ3) is 2.87. The maximum atomic E-state index is 5.68. The molecular formula is C16H16N4S. The molecule has 106 valence electrons. The van der Waals surface area contributed by atoms with Gasteiger partial charge in [0, 0.05) is 31.0 Å². The Morgan fingerprint density at radius 1 is 1.14 bits per heavy atom. The fourth-order valence-corrected chi connectivity index (χ4v) is 2.45. The lowest BCUT2D eigenvalue weighted by Crippen LogP contribution is -2.24. The van der Waals surface area contributed by atoms with Gasteiger partial charge in [0.05, 0.1) is 4.99 Å². The lowest BCUT2D eigenvalue weighted by atomic mass is 10.2. The van der Waals surface area contributed by atoms with Gasteiger partial charge in [-0.05, 0) is 24.3 Å². The second kappa shape index (κ2) is 5.93. The van der Waals surface area contributed by atoms with Crippen LogP contribution in [-0.2, 0) is 0 Å². The molecule has 0 radical (unpaired) electrons. The van der Waals surface area contributed by atoms with Crippen LogP contribution in [0, 0.1) is 0 Å². The Balaban J connectivity index is 2.06. The largest absolute Gasteiger partial charge is 0.393 e. The first-order valence-corrected chi connectivity index (χ1v) is 7.19. The molecule has 0 amide bonds. The zero-order valence-electron chi connectivity index (χ0n) is 11.5. The van der Waals surface area contributed by atoms with Crippen LogP contribution >= 0.6 is 12.2 Å². The average Bonchev–Trinajstić information content (AvgIpc) is 2.97. The van der Waals surface area contributed by atoms with E-state index in [9.17, 15) is 0 Å². The number of thiocarbonyl (C=S) groups is 1. The van der Waals surface area contributed by atoms with Gasteiger partial charge in [-0.1, -0.05) is 36.5 Å². The van der Waals surface area contributed by atoms with Gasteiger partial charge in [0.2, 0.25) is 0 Å². The van der Waals surface area contributed by atoms with Crippen molar-refractivity contribution in [1.82, 2.24) is 9.38 Å². The van der Waals surface area contributed by atoms with Gasteiger partial charge in [0.25, 0.3) is 0 Å². The van der Waals surface area contributed by atoms with Gasteiger partial charge in [-0.15, -0.1) is 0 Å². The molecule has 0 fully saturated rings. The lowest BCUT2D eigenvalue weighted by molar-refractivity contribution is 0.928. The standard InChI is InChI=1S/C16H16N4S/c17-14(21)9-11-19(13-5-2-1-3-6-13)16-8-4-7-15-18-10-12-20(15)16/h1-8,10,12H,9,11H2,(H2,17,21). The van der Waals surface area contributed by atoms with Crippen LogP contribution in [0.2, 0.25) is 0 Å². The van der Waals surface area contributed by atoms with Crippen molar-refractivity contribution in [3.05, 3.63) is 60.9 Å². The third-order valence-electron chi connectivity index (χ3n) is 3.33. The molecular weight excluding hydrogens is 280 g/mol. The van der Waals surface area contributed by atoms with E-state index >= 15 is 0 Å². The van der Waals surface area contributed by atoms with Crippen molar-refractivity contribution in [2.24, 2.45) is 5.73 Å². The van der Waals surface area contributed by atoms with Crippen molar-refractivity contribution in [1.29, 1.82) is 0 Å². The number of hydrogen-bond donors (Lipinski definition) is 1. The van der Waals surface area contributed by atoms with E-state index in [0.29, 0.717) is 11.4 Å². The summed E-state index contributed by atoms with van der Waals surface area (Å²) in [6.45, 7) is 0.733. The van der Waals surface area contributed by atoms with Gasteiger partial charge in [0.15, 0.2) is 0 Å². The molecule has 3 rings (SSSR count). The van der Waals surface area contributed by atoms with Gasteiger partial charge in [0.1, 0.15) is 11.5 Å². The van der Waals surface area contributed by atoms with Crippen LogP contribution < -0.4 is 10.6 Å². The van der Waals surface area contributed by atoms with Crippen LogP contribution in [0.3, 0.4) is 0 Å². The van der Waals surface area contributed by atoms with Crippen molar-refractivity contribution >= 4 is 34.4 Å². The van der Waals surface area contributed by atoms with Crippen LogP contribution in [0.15, 0.2) is 60.9 Å². The molecule has 4 nitrogen and oxygen atoms in total. The van der Waals surface area contributed by atoms with Gasteiger partial charge in [-0.2, -0.15) is 0 Å². The highest BCUT2D eigenvalue weighted by Crippen LogP contribution is 2.26. The topological polar surface area (TPSA) is 46.6 Å². The number of hydrogen-bond acceptors (Lipinski definition) is 3. The first-order valence-electron chi connectivity index (χ1n) is 6.79. The first-order chi connectivity index (χ1) is 10.3. The highest BCUT2D eigenvalue weighted by atomic mass is 32.1. The van der Waals surface area contributed by atoms with E-state index in [1.165, 1.54) is 0 Å². The van der Waals surface area contributed by atoms with Gasteiger partial charge < -0.3 is 10.6 Å². The maximum absolute atomic E-state index is 5.68. The molecule has 2 N–H and O–H groups in total. The molecule has 0 unspecified atom stereocenters. The Hall–Kier alpha value is -2.40. The van der Waals surface area contributed by atoms with E-state index in [0.717, 1.165) is 23.7 Å². The van der Waals surface area contributed by atoms with Crippen molar-refractivity contribution in [3.63, 3.8) is 0 Å². The van der Waals surface area contributed by atoms with Crippen molar-refractivity contribution < 1.29 is 0 Å². The highest BCUT2D eigenvalue weighted by molar-refractivity contribution is 7.80. The van der Waals surface area contributed by atoms with Crippen LogP contribution in [0.1, 0.15) is 6.42 Å². The molecule has 1 aromatic carbocycles. The van der Waals surface area contributed by atoms with Crippen molar-refractivity contribution in [2.75, 3.05) is 11.4 Å². The zero-order chi connectivity index (χ0) is 14.7. The van der Waals surface area contributed by atoms with E-state index in [1.807, 2.05) is 36.5 Å². The summed E-state index contributed by atoms with van der Waals surface area (Å²) in [6.07, 6.45) is 4.42. The fraction of sp³-hybridized carbons (Fsp3) is 0.125. The predicted octanol–water partition coefficient (Wildman–Crippen LogP) is 3.15. The van der Waals surface area contributed by atoms with Gasteiger partial charge >= 0.3 is 0 Å². The van der Waals surface area contributed by atoms with Gasteiger partial charge in [-0.25, -0.2) is 4.98 Å². The fourth-order valence-electron chi connectivity index (χ4n) is 2.36. The molecule has 0 saturated carbocycles. The summed E-state index contributed by atoms with van der Waals surface area (Å²) in [7, 11) is 0. The first kappa shape index (κ1) is 13.6. The van der Waals surface area contributed by atoms with E-state index < -0.39 is 0 Å². The highest BCUT2D eigenvalue weighted by Gasteiger charge is 2.12. The lowest BCUT2D eigenvalue weighted by Gasteiger charge is -2.25. The molecule has 3 aromatic rings. The molecule has 0 bridgehead atoms. The second-order valence-electron chi connectivity index (χ2n) is 4.74. The Bertz CT molecular complexity index is 751. The van der Waals surface area contributed by atoms with Crippen molar-refractivity contribution in [3.8, 4) is 0 Å². The summed E-state index contributed by atoms with van der Waals surface area (Å²) in [5.41, 5.74) is 7.70. The second-order valence-corrected chi connectivity index (χ2v) is 5.27. The minimum Gasteiger partial charge on any atom is -0.393 e. The average molecular weight is 296 g/mol. The number of fused-ring (bicyclic) bond motifs is 1. The van der Waals surface area contributed by atoms with E-state index in [-0.39, 0.29) is 0 Å². The van der Waals surface area contributed by atoms with E-state index in [1.54, 1.807) is 6.20 Å². The summed E-state index contributed by atoms with van der Waals surface area (Å²) in [5, 5.41) is 0. The predicted molar refractivity (Wildman–Crippen MR) is 90.0 cm³/mol. The molecule has 2 heterocycles. The zero-order valence-corrected chi connectivity index (χ0v) is 12.3. The smallest absolute Gasteiger partial charge is 0.138 e. The SMILES string of the molecule is NC(=S)CCN(c1ccccc1)c1cccc2nccn12. The molecule has 0 aliphatic carbocycles. The molecule has 0 aliphatic rings.